The summed E-state index contributed by atoms with van der Waals surface area (Å²) in [5.74, 6) is 0.714. The third kappa shape index (κ3) is 4.53. The fourth-order valence-electron chi connectivity index (χ4n) is 4.76. The number of nitrogens with zero attached hydrogens (tertiary/aromatic N) is 6. The van der Waals surface area contributed by atoms with Crippen molar-refractivity contribution in [3.8, 4) is 5.82 Å². The quantitative estimate of drug-likeness (QED) is 0.468. The van der Waals surface area contributed by atoms with E-state index in [9.17, 15) is 9.59 Å². The van der Waals surface area contributed by atoms with Crippen LogP contribution in [-0.2, 0) is 4.79 Å². The van der Waals surface area contributed by atoms with Crippen LogP contribution in [0.4, 0.5) is 16.3 Å². The van der Waals surface area contributed by atoms with Crippen LogP contribution in [0.25, 0.3) is 10.7 Å². The molecule has 34 heavy (non-hydrogen) atoms. The van der Waals surface area contributed by atoms with Gasteiger partial charge in [-0.3, -0.25) is 9.69 Å². The van der Waals surface area contributed by atoms with E-state index in [1.54, 1.807) is 23.1 Å². The van der Waals surface area contributed by atoms with Crippen LogP contribution in [0, 0.1) is 6.57 Å². The van der Waals surface area contributed by atoms with E-state index in [1.807, 2.05) is 30.9 Å². The van der Waals surface area contributed by atoms with Gasteiger partial charge in [-0.2, -0.15) is 5.10 Å². The van der Waals surface area contributed by atoms with E-state index in [4.69, 9.17) is 6.57 Å². The van der Waals surface area contributed by atoms with Gasteiger partial charge in [0.05, 0.1) is 24.4 Å². The molecule has 2 aliphatic rings. The molecule has 3 heterocycles. The number of amides is 3. The fourth-order valence-corrected chi connectivity index (χ4v) is 4.76. The number of hydrogen-bond donors (Lipinski definition) is 1. The summed E-state index contributed by atoms with van der Waals surface area (Å²) in [6.45, 7) is 11.9. The van der Waals surface area contributed by atoms with E-state index in [0.29, 0.717) is 29.4 Å². The minimum absolute atomic E-state index is 0.134. The molecule has 0 bridgehead atoms. The molecule has 1 aliphatic heterocycles. The molecule has 1 aliphatic carbocycles. The number of carbonyl (C=O) groups is 2. The number of rotatable bonds is 7. The van der Waals surface area contributed by atoms with Crippen molar-refractivity contribution < 1.29 is 9.59 Å². The van der Waals surface area contributed by atoms with Crippen LogP contribution in [0.3, 0.4) is 0 Å². The van der Waals surface area contributed by atoms with Crippen molar-refractivity contribution in [1.82, 2.24) is 24.6 Å². The van der Waals surface area contributed by atoms with Crippen LogP contribution >= 0.6 is 0 Å². The van der Waals surface area contributed by atoms with Gasteiger partial charge in [0.2, 0.25) is 5.69 Å². The van der Waals surface area contributed by atoms with Gasteiger partial charge in [0.1, 0.15) is 5.82 Å². The molecule has 9 heteroatoms. The second kappa shape index (κ2) is 10.5. The Labute approximate surface area is 200 Å². The summed E-state index contributed by atoms with van der Waals surface area (Å²) in [6, 6.07) is 5.03. The van der Waals surface area contributed by atoms with Gasteiger partial charge in [0.25, 0.3) is 5.91 Å². The first-order valence-electron chi connectivity index (χ1n) is 12.0. The van der Waals surface area contributed by atoms with Crippen LogP contribution in [-0.4, -0.2) is 55.1 Å². The number of hydrogen-bond acceptors (Lipinski definition) is 5. The highest BCUT2D eigenvalue weighted by atomic mass is 16.2. The molecular formula is C25H31N7O2. The zero-order chi connectivity index (χ0) is 24.1. The van der Waals surface area contributed by atoms with Crippen molar-refractivity contribution in [3.05, 3.63) is 53.8 Å². The first-order chi connectivity index (χ1) is 16.6. The summed E-state index contributed by atoms with van der Waals surface area (Å²) in [7, 11) is 0. The summed E-state index contributed by atoms with van der Waals surface area (Å²) < 4.78 is 1.54. The van der Waals surface area contributed by atoms with Gasteiger partial charge < -0.3 is 10.2 Å². The van der Waals surface area contributed by atoms with Crippen molar-refractivity contribution in [2.45, 2.75) is 70.9 Å². The molecule has 1 N–H and O–H groups in total. The lowest BCUT2D eigenvalue weighted by Gasteiger charge is -2.45. The van der Waals surface area contributed by atoms with Gasteiger partial charge in [-0.15, -0.1) is 0 Å². The maximum Gasteiger partial charge on any atom is 0.327 e. The summed E-state index contributed by atoms with van der Waals surface area (Å²) in [5, 5.41) is 7.46. The molecule has 1 saturated carbocycles. The monoisotopic (exact) mass is 461 g/mol. The normalized spacial score (nSPS) is 20.6. The third-order valence-electron chi connectivity index (χ3n) is 6.62. The van der Waals surface area contributed by atoms with E-state index in [1.165, 1.54) is 17.5 Å². The van der Waals surface area contributed by atoms with Crippen molar-refractivity contribution in [2.24, 2.45) is 0 Å². The molecule has 2 aromatic heterocycles. The SMILES string of the molecule is [C-]#[N+]c1cnn(-c2ccccn2)c1NC=C1C(=O)N(CCCC)C(=O)N(C2CCCCC2)C1C. The van der Waals surface area contributed by atoms with E-state index >= 15 is 0 Å². The molecule has 1 unspecified atom stereocenters. The summed E-state index contributed by atoms with van der Waals surface area (Å²) in [6.07, 6.45) is 11.7. The number of carbonyl (C=O) groups excluding carboxylic acids is 2. The van der Waals surface area contributed by atoms with E-state index in [2.05, 4.69) is 20.2 Å². The number of aromatic nitrogens is 3. The lowest BCUT2D eigenvalue weighted by atomic mass is 9.91. The van der Waals surface area contributed by atoms with Crippen molar-refractivity contribution in [2.75, 3.05) is 11.9 Å². The van der Waals surface area contributed by atoms with E-state index < -0.39 is 0 Å². The predicted octanol–water partition coefficient (Wildman–Crippen LogP) is 4.90. The van der Waals surface area contributed by atoms with Crippen LogP contribution in [0.1, 0.15) is 58.8 Å². The number of nitrogens with one attached hydrogen (secondary N) is 1. The molecule has 1 atom stereocenters. The molecule has 0 spiro atoms. The average molecular weight is 462 g/mol. The van der Waals surface area contributed by atoms with Crippen LogP contribution in [0.5, 0.6) is 0 Å². The number of urea groups is 1. The molecule has 2 aromatic rings. The zero-order valence-electron chi connectivity index (χ0n) is 19.8. The minimum Gasteiger partial charge on any atom is -0.355 e. The minimum atomic E-state index is -0.365. The number of anilines is 1. The Hall–Kier alpha value is -3.67. The highest BCUT2D eigenvalue weighted by Gasteiger charge is 2.43. The maximum absolute atomic E-state index is 13.4. The van der Waals surface area contributed by atoms with Crippen LogP contribution < -0.4 is 5.32 Å². The molecule has 9 nitrogen and oxygen atoms in total. The van der Waals surface area contributed by atoms with Gasteiger partial charge in [0, 0.05) is 25.0 Å². The van der Waals surface area contributed by atoms with Crippen LogP contribution in [0.2, 0.25) is 0 Å². The Morgan fingerprint density at radius 3 is 2.71 bits per heavy atom. The van der Waals surface area contributed by atoms with Gasteiger partial charge in [-0.1, -0.05) is 38.7 Å². The molecule has 0 radical (unpaired) electrons. The average Bonchev–Trinajstić information content (AvgIpc) is 3.28. The summed E-state index contributed by atoms with van der Waals surface area (Å²) >= 11 is 0. The zero-order valence-corrected chi connectivity index (χ0v) is 19.8. The summed E-state index contributed by atoms with van der Waals surface area (Å²) in [5.41, 5.74) is 0.826. The van der Waals surface area contributed by atoms with E-state index in [-0.39, 0.29) is 24.0 Å². The van der Waals surface area contributed by atoms with Crippen molar-refractivity contribution in [3.63, 3.8) is 0 Å². The largest absolute Gasteiger partial charge is 0.355 e. The van der Waals surface area contributed by atoms with Crippen LogP contribution in [0.15, 0.2) is 42.4 Å². The topological polar surface area (TPSA) is 87.7 Å². The molecular weight excluding hydrogens is 430 g/mol. The first kappa shape index (κ1) is 23.5. The number of pyridine rings is 1. The second-order valence-electron chi connectivity index (χ2n) is 8.80. The van der Waals surface area contributed by atoms with Gasteiger partial charge in [-0.25, -0.2) is 19.3 Å². The highest BCUT2D eigenvalue weighted by molar-refractivity contribution is 6.08. The second-order valence-corrected chi connectivity index (χ2v) is 8.80. The fraction of sp³-hybridized carbons (Fsp3) is 0.480. The Balaban J connectivity index is 1.68. The Morgan fingerprint density at radius 2 is 2.03 bits per heavy atom. The molecule has 2 fully saturated rings. The standard InChI is InChI=1S/C25H31N7O2/c1-4-5-15-30-24(33)20(18(2)31(25(30)34)19-11-7-6-8-12-19)16-28-23-21(26-3)17-29-32(23)22-13-9-10-14-27-22/h9-10,13-14,16-19,28H,4-8,11-12,15H2,1-2H3. The molecule has 0 aromatic carbocycles. The van der Waals surface area contributed by atoms with Gasteiger partial charge >= 0.3 is 6.03 Å². The van der Waals surface area contributed by atoms with Crippen molar-refractivity contribution in [1.29, 1.82) is 0 Å². The number of unbranched alkanes of at least 4 members (excludes halogenated alkanes) is 1. The first-order valence-corrected chi connectivity index (χ1v) is 12.0. The lowest BCUT2D eigenvalue weighted by Crippen LogP contribution is -2.61. The maximum atomic E-state index is 13.4. The number of imide groups is 1. The molecule has 4 rings (SSSR count). The van der Waals surface area contributed by atoms with Gasteiger partial charge in [-0.05, 0) is 38.3 Å². The van der Waals surface area contributed by atoms with Crippen molar-refractivity contribution >= 4 is 23.4 Å². The Morgan fingerprint density at radius 1 is 1.24 bits per heavy atom. The smallest absolute Gasteiger partial charge is 0.327 e. The molecule has 3 amide bonds. The summed E-state index contributed by atoms with van der Waals surface area (Å²) in [4.78, 5) is 38.0. The van der Waals surface area contributed by atoms with Gasteiger partial charge in [0.15, 0.2) is 5.82 Å². The molecule has 1 saturated heterocycles. The highest BCUT2D eigenvalue weighted by Crippen LogP contribution is 2.32. The predicted molar refractivity (Wildman–Crippen MR) is 130 cm³/mol. The lowest BCUT2D eigenvalue weighted by molar-refractivity contribution is -0.127. The van der Waals surface area contributed by atoms with E-state index in [0.717, 1.165) is 38.5 Å². The molecule has 178 valence electrons. The Bertz CT molecular complexity index is 1100. The third-order valence-corrected chi connectivity index (χ3v) is 6.62. The Kier molecular flexibility index (Phi) is 7.26.